The van der Waals surface area contributed by atoms with Gasteiger partial charge in [-0.1, -0.05) is 48.5 Å². The molecule has 0 bridgehead atoms. The number of amides is 2. The molecule has 180 valence electrons. The molecule has 0 saturated heterocycles. The standard InChI is InChI=1S/C30H32N2O3/c1-31(18-24-10-6-12-27-26(24)11-7-13-28(27)35-2)29(33)17-21-14-15-23-19-32(20-25(23)16-21)30(34)22-8-4-3-5-9-22/h3-5,7-9,11,13-16,24H,6,10,12,17-20H2,1-2H3/t24-/m0/s1. The fraction of sp³-hybridized carbons (Fsp3) is 0.333. The van der Waals surface area contributed by atoms with Gasteiger partial charge in [-0.15, -0.1) is 0 Å². The van der Waals surface area contributed by atoms with Gasteiger partial charge in [-0.25, -0.2) is 0 Å². The molecular formula is C30H32N2O3. The smallest absolute Gasteiger partial charge is 0.254 e. The zero-order chi connectivity index (χ0) is 24.4. The van der Waals surface area contributed by atoms with E-state index >= 15 is 0 Å². The van der Waals surface area contributed by atoms with Gasteiger partial charge in [0.05, 0.1) is 13.5 Å². The molecule has 0 aromatic heterocycles. The molecule has 5 heteroatoms. The average molecular weight is 469 g/mol. The molecule has 0 spiro atoms. The Labute approximate surface area is 207 Å². The highest BCUT2D eigenvalue weighted by atomic mass is 16.5. The number of fused-ring (bicyclic) bond motifs is 2. The van der Waals surface area contributed by atoms with E-state index in [0.717, 1.165) is 41.7 Å². The summed E-state index contributed by atoms with van der Waals surface area (Å²) in [5.41, 5.74) is 6.61. The first-order chi connectivity index (χ1) is 17.0. The van der Waals surface area contributed by atoms with Crippen LogP contribution in [0.2, 0.25) is 0 Å². The highest BCUT2D eigenvalue weighted by molar-refractivity contribution is 5.94. The molecule has 1 aliphatic carbocycles. The Morgan fingerprint density at radius 3 is 2.60 bits per heavy atom. The van der Waals surface area contributed by atoms with E-state index in [-0.39, 0.29) is 11.8 Å². The highest BCUT2D eigenvalue weighted by Crippen LogP contribution is 2.37. The third-order valence-electron chi connectivity index (χ3n) is 7.38. The largest absolute Gasteiger partial charge is 0.496 e. The monoisotopic (exact) mass is 468 g/mol. The van der Waals surface area contributed by atoms with Crippen LogP contribution < -0.4 is 4.74 Å². The fourth-order valence-electron chi connectivity index (χ4n) is 5.50. The molecule has 2 aliphatic rings. The minimum absolute atomic E-state index is 0.0450. The van der Waals surface area contributed by atoms with Crippen LogP contribution in [0.3, 0.4) is 0 Å². The predicted octanol–water partition coefficient (Wildman–Crippen LogP) is 4.97. The Bertz CT molecular complexity index is 1240. The first-order valence-corrected chi connectivity index (χ1v) is 12.4. The maximum absolute atomic E-state index is 13.1. The molecule has 1 heterocycles. The van der Waals surface area contributed by atoms with Gasteiger partial charge in [0, 0.05) is 38.2 Å². The molecular weight excluding hydrogens is 436 g/mol. The van der Waals surface area contributed by atoms with E-state index < -0.39 is 0 Å². The molecule has 35 heavy (non-hydrogen) atoms. The minimum atomic E-state index is 0.0450. The molecule has 3 aromatic rings. The van der Waals surface area contributed by atoms with E-state index in [0.29, 0.717) is 37.5 Å². The summed E-state index contributed by atoms with van der Waals surface area (Å²) in [6, 6.07) is 21.9. The molecule has 2 amide bonds. The van der Waals surface area contributed by atoms with Crippen LogP contribution in [0.15, 0.2) is 66.7 Å². The van der Waals surface area contributed by atoms with E-state index in [1.54, 1.807) is 7.11 Å². The van der Waals surface area contributed by atoms with Gasteiger partial charge in [0.25, 0.3) is 5.91 Å². The number of nitrogens with zero attached hydrogens (tertiary/aromatic N) is 2. The molecule has 0 saturated carbocycles. The van der Waals surface area contributed by atoms with Crippen molar-refractivity contribution in [3.63, 3.8) is 0 Å². The lowest BCUT2D eigenvalue weighted by Gasteiger charge is -2.30. The summed E-state index contributed by atoms with van der Waals surface area (Å²) in [4.78, 5) is 29.7. The molecule has 5 rings (SSSR count). The lowest BCUT2D eigenvalue weighted by Crippen LogP contribution is -2.33. The van der Waals surface area contributed by atoms with Crippen molar-refractivity contribution in [1.82, 2.24) is 9.80 Å². The lowest BCUT2D eigenvalue weighted by atomic mass is 9.82. The zero-order valence-electron chi connectivity index (χ0n) is 20.5. The van der Waals surface area contributed by atoms with Crippen molar-refractivity contribution in [2.24, 2.45) is 0 Å². The average Bonchev–Trinajstić information content (AvgIpc) is 3.32. The van der Waals surface area contributed by atoms with Crippen molar-refractivity contribution < 1.29 is 14.3 Å². The second kappa shape index (κ2) is 9.95. The summed E-state index contributed by atoms with van der Waals surface area (Å²) in [7, 11) is 3.63. The first kappa shape index (κ1) is 23.2. The molecule has 5 nitrogen and oxygen atoms in total. The Morgan fingerprint density at radius 2 is 1.80 bits per heavy atom. The predicted molar refractivity (Wildman–Crippen MR) is 136 cm³/mol. The van der Waals surface area contributed by atoms with Crippen LogP contribution in [0.5, 0.6) is 5.75 Å². The van der Waals surface area contributed by atoms with Crippen molar-refractivity contribution in [3.8, 4) is 5.75 Å². The number of methoxy groups -OCH3 is 1. The van der Waals surface area contributed by atoms with Crippen LogP contribution in [0, 0.1) is 0 Å². The third-order valence-corrected chi connectivity index (χ3v) is 7.38. The number of carbonyl (C=O) groups is 2. The normalized spacial score (nSPS) is 16.4. The van der Waals surface area contributed by atoms with Crippen molar-refractivity contribution >= 4 is 11.8 Å². The maximum Gasteiger partial charge on any atom is 0.254 e. The van der Waals surface area contributed by atoms with Crippen LogP contribution in [0.25, 0.3) is 0 Å². The van der Waals surface area contributed by atoms with Crippen molar-refractivity contribution in [2.45, 2.75) is 44.7 Å². The minimum Gasteiger partial charge on any atom is -0.496 e. The van der Waals surface area contributed by atoms with E-state index in [1.807, 2.05) is 65.4 Å². The van der Waals surface area contributed by atoms with Gasteiger partial charge in [0.1, 0.15) is 5.75 Å². The lowest BCUT2D eigenvalue weighted by molar-refractivity contribution is -0.129. The third kappa shape index (κ3) is 4.81. The second-order valence-electron chi connectivity index (χ2n) is 9.70. The first-order valence-electron chi connectivity index (χ1n) is 12.4. The summed E-state index contributed by atoms with van der Waals surface area (Å²) >= 11 is 0. The van der Waals surface area contributed by atoms with Crippen LogP contribution in [0.1, 0.15) is 56.9 Å². The quantitative estimate of drug-likeness (QED) is 0.513. The summed E-state index contributed by atoms with van der Waals surface area (Å²) in [5, 5.41) is 0. The molecule has 0 N–H and O–H groups in total. The molecule has 0 radical (unpaired) electrons. The number of benzene rings is 3. The molecule has 0 unspecified atom stereocenters. The second-order valence-corrected chi connectivity index (χ2v) is 9.70. The number of hydrogen-bond donors (Lipinski definition) is 0. The van der Waals surface area contributed by atoms with Crippen molar-refractivity contribution in [2.75, 3.05) is 20.7 Å². The topological polar surface area (TPSA) is 49.9 Å². The van der Waals surface area contributed by atoms with Gasteiger partial charge in [-0.2, -0.15) is 0 Å². The summed E-state index contributed by atoms with van der Waals surface area (Å²) in [5.74, 6) is 1.46. The fourth-order valence-corrected chi connectivity index (χ4v) is 5.50. The van der Waals surface area contributed by atoms with E-state index in [1.165, 1.54) is 11.1 Å². The zero-order valence-corrected chi connectivity index (χ0v) is 20.5. The van der Waals surface area contributed by atoms with Gasteiger partial charge < -0.3 is 14.5 Å². The van der Waals surface area contributed by atoms with Gasteiger partial charge in [-0.05, 0) is 65.3 Å². The number of carbonyl (C=O) groups excluding carboxylic acids is 2. The number of hydrogen-bond acceptors (Lipinski definition) is 3. The Balaban J connectivity index is 1.22. The van der Waals surface area contributed by atoms with Gasteiger partial charge in [-0.3, -0.25) is 9.59 Å². The SMILES string of the molecule is COc1cccc2c1CCC[C@H]2CN(C)C(=O)Cc1ccc2c(c1)CN(C(=O)c1ccccc1)C2. The van der Waals surface area contributed by atoms with Crippen LogP contribution in [-0.2, 0) is 30.7 Å². The van der Waals surface area contributed by atoms with Crippen LogP contribution >= 0.6 is 0 Å². The van der Waals surface area contributed by atoms with Gasteiger partial charge >= 0.3 is 0 Å². The number of ether oxygens (including phenoxy) is 1. The summed E-state index contributed by atoms with van der Waals surface area (Å²) in [6.07, 6.45) is 3.60. The molecule has 0 fully saturated rings. The molecule has 1 aliphatic heterocycles. The van der Waals surface area contributed by atoms with Crippen LogP contribution in [-0.4, -0.2) is 42.3 Å². The summed E-state index contributed by atoms with van der Waals surface area (Å²) in [6.45, 7) is 1.91. The number of likely N-dealkylation sites (N-methyl/N-ethyl adjacent to an activating group) is 1. The number of rotatable bonds is 6. The van der Waals surface area contributed by atoms with Crippen molar-refractivity contribution in [3.05, 3.63) is 100 Å². The van der Waals surface area contributed by atoms with Crippen molar-refractivity contribution in [1.29, 1.82) is 0 Å². The summed E-state index contributed by atoms with van der Waals surface area (Å²) < 4.78 is 5.57. The van der Waals surface area contributed by atoms with E-state index in [9.17, 15) is 9.59 Å². The highest BCUT2D eigenvalue weighted by Gasteiger charge is 2.27. The Hall–Kier alpha value is -3.60. The van der Waals surface area contributed by atoms with Gasteiger partial charge in [0.2, 0.25) is 5.91 Å². The Morgan fingerprint density at radius 1 is 1.00 bits per heavy atom. The van der Waals surface area contributed by atoms with Crippen LogP contribution in [0.4, 0.5) is 0 Å². The maximum atomic E-state index is 13.1. The van der Waals surface area contributed by atoms with E-state index in [2.05, 4.69) is 18.2 Å². The van der Waals surface area contributed by atoms with Gasteiger partial charge in [0.15, 0.2) is 0 Å². The van der Waals surface area contributed by atoms with E-state index in [4.69, 9.17) is 4.74 Å². The molecule has 1 atom stereocenters. The Kier molecular flexibility index (Phi) is 6.58. The molecule has 3 aromatic carbocycles.